The second-order valence-corrected chi connectivity index (χ2v) is 5.03. The highest BCUT2D eigenvalue weighted by Crippen LogP contribution is 2.38. The van der Waals surface area contributed by atoms with Gasteiger partial charge in [0.2, 0.25) is 0 Å². The number of carbonyl (C=O) groups is 1. The molecule has 0 heterocycles. The van der Waals surface area contributed by atoms with Crippen molar-refractivity contribution in [2.24, 2.45) is 11.8 Å². The van der Waals surface area contributed by atoms with Crippen molar-refractivity contribution in [1.82, 2.24) is 0 Å². The van der Waals surface area contributed by atoms with Gasteiger partial charge in [0.1, 0.15) is 0 Å². The van der Waals surface area contributed by atoms with Crippen molar-refractivity contribution in [3.8, 4) is 0 Å². The molecular formula is C12H13BrO2. The van der Waals surface area contributed by atoms with E-state index in [0.717, 1.165) is 22.9 Å². The molecule has 1 fully saturated rings. The fourth-order valence-electron chi connectivity index (χ4n) is 1.83. The Hall–Kier alpha value is -0.830. The minimum absolute atomic E-state index is 0.189. The molecule has 0 bridgehead atoms. The van der Waals surface area contributed by atoms with Crippen LogP contribution in [-0.2, 0) is 11.2 Å². The van der Waals surface area contributed by atoms with Crippen LogP contribution in [0.2, 0.25) is 0 Å². The van der Waals surface area contributed by atoms with Crippen LogP contribution in [0.15, 0.2) is 28.7 Å². The third kappa shape index (κ3) is 2.81. The zero-order valence-electron chi connectivity index (χ0n) is 8.32. The molecule has 0 amide bonds. The van der Waals surface area contributed by atoms with Gasteiger partial charge in [0.05, 0.1) is 5.92 Å². The molecule has 2 nitrogen and oxygen atoms in total. The Morgan fingerprint density at radius 1 is 1.40 bits per heavy atom. The number of aliphatic carboxylic acids is 1. The molecule has 0 aliphatic heterocycles. The van der Waals surface area contributed by atoms with Gasteiger partial charge in [0.25, 0.3) is 0 Å². The Bertz CT molecular complexity index is 354. The average Bonchev–Trinajstić information content (AvgIpc) is 3.00. The number of rotatable bonds is 4. The highest BCUT2D eigenvalue weighted by Gasteiger charge is 2.35. The second kappa shape index (κ2) is 4.35. The van der Waals surface area contributed by atoms with Crippen LogP contribution in [0.1, 0.15) is 18.4 Å². The van der Waals surface area contributed by atoms with E-state index in [1.165, 1.54) is 0 Å². The fraction of sp³-hybridized carbons (Fsp3) is 0.417. The maximum Gasteiger partial charge on any atom is 0.307 e. The molecule has 0 spiro atoms. The first-order valence-electron chi connectivity index (χ1n) is 5.14. The van der Waals surface area contributed by atoms with E-state index in [2.05, 4.69) is 15.9 Å². The van der Waals surface area contributed by atoms with Gasteiger partial charge in [-0.2, -0.15) is 0 Å². The molecule has 15 heavy (non-hydrogen) atoms. The van der Waals surface area contributed by atoms with E-state index in [0.29, 0.717) is 12.3 Å². The van der Waals surface area contributed by atoms with E-state index in [-0.39, 0.29) is 5.92 Å². The van der Waals surface area contributed by atoms with E-state index >= 15 is 0 Å². The number of halogens is 1. The summed E-state index contributed by atoms with van der Waals surface area (Å²) in [5.74, 6) is -0.433. The monoisotopic (exact) mass is 268 g/mol. The zero-order valence-corrected chi connectivity index (χ0v) is 9.90. The molecule has 3 heteroatoms. The standard InChI is InChI=1S/C12H13BrO2/c13-10-5-1-8(2-6-10)7-11(12(14)15)9-3-4-9/h1-2,5-6,9,11H,3-4,7H2,(H,14,15). The van der Waals surface area contributed by atoms with Crippen LogP contribution in [0.25, 0.3) is 0 Å². The Morgan fingerprint density at radius 3 is 2.47 bits per heavy atom. The molecule has 1 aromatic carbocycles. The van der Waals surface area contributed by atoms with Crippen molar-refractivity contribution >= 4 is 21.9 Å². The Labute approximate surface area is 97.4 Å². The number of benzene rings is 1. The Kier molecular flexibility index (Phi) is 3.10. The van der Waals surface area contributed by atoms with Crippen LogP contribution in [-0.4, -0.2) is 11.1 Å². The third-order valence-corrected chi connectivity index (χ3v) is 3.41. The van der Waals surface area contributed by atoms with E-state index in [1.54, 1.807) is 0 Å². The summed E-state index contributed by atoms with van der Waals surface area (Å²) in [5, 5.41) is 9.09. The van der Waals surface area contributed by atoms with Crippen LogP contribution < -0.4 is 0 Å². The summed E-state index contributed by atoms with van der Waals surface area (Å²) < 4.78 is 1.03. The number of hydrogen-bond donors (Lipinski definition) is 1. The molecule has 2 rings (SSSR count). The van der Waals surface area contributed by atoms with E-state index in [9.17, 15) is 4.79 Å². The summed E-state index contributed by atoms with van der Waals surface area (Å²) in [6.07, 6.45) is 2.81. The zero-order chi connectivity index (χ0) is 10.8. The fourth-order valence-corrected chi connectivity index (χ4v) is 2.09. The predicted molar refractivity (Wildman–Crippen MR) is 61.7 cm³/mol. The topological polar surface area (TPSA) is 37.3 Å². The lowest BCUT2D eigenvalue weighted by Crippen LogP contribution is -2.18. The van der Waals surface area contributed by atoms with Crippen LogP contribution in [0.3, 0.4) is 0 Å². The first-order valence-corrected chi connectivity index (χ1v) is 5.93. The number of hydrogen-bond acceptors (Lipinski definition) is 1. The van der Waals surface area contributed by atoms with Gasteiger partial charge >= 0.3 is 5.97 Å². The first kappa shape index (κ1) is 10.7. The summed E-state index contributed by atoms with van der Waals surface area (Å²) >= 11 is 3.37. The molecule has 0 radical (unpaired) electrons. The van der Waals surface area contributed by atoms with Gasteiger partial charge < -0.3 is 5.11 Å². The van der Waals surface area contributed by atoms with Crippen molar-refractivity contribution in [2.75, 3.05) is 0 Å². The summed E-state index contributed by atoms with van der Waals surface area (Å²) in [4.78, 5) is 11.0. The SMILES string of the molecule is O=C(O)C(Cc1ccc(Br)cc1)C1CC1. The molecular weight excluding hydrogens is 256 g/mol. The number of carboxylic acid groups (broad SMARTS) is 1. The Morgan fingerprint density at radius 2 is 2.00 bits per heavy atom. The van der Waals surface area contributed by atoms with Crippen LogP contribution in [0.4, 0.5) is 0 Å². The highest BCUT2D eigenvalue weighted by atomic mass is 79.9. The maximum absolute atomic E-state index is 11.0. The van der Waals surface area contributed by atoms with Crippen molar-refractivity contribution in [2.45, 2.75) is 19.3 Å². The normalized spacial score (nSPS) is 17.4. The van der Waals surface area contributed by atoms with Gasteiger partial charge in [-0.25, -0.2) is 0 Å². The minimum atomic E-state index is -0.652. The van der Waals surface area contributed by atoms with Gasteiger partial charge in [-0.15, -0.1) is 0 Å². The van der Waals surface area contributed by atoms with Gasteiger partial charge in [-0.3, -0.25) is 4.79 Å². The summed E-state index contributed by atoms with van der Waals surface area (Å²) in [6, 6.07) is 7.90. The van der Waals surface area contributed by atoms with Crippen molar-refractivity contribution in [1.29, 1.82) is 0 Å². The summed E-state index contributed by atoms with van der Waals surface area (Å²) in [5.41, 5.74) is 1.11. The van der Waals surface area contributed by atoms with Crippen LogP contribution in [0, 0.1) is 11.8 Å². The van der Waals surface area contributed by atoms with E-state index in [1.807, 2.05) is 24.3 Å². The van der Waals surface area contributed by atoms with Gasteiger partial charge in [-0.05, 0) is 42.9 Å². The van der Waals surface area contributed by atoms with Crippen molar-refractivity contribution < 1.29 is 9.90 Å². The number of carboxylic acids is 1. The highest BCUT2D eigenvalue weighted by molar-refractivity contribution is 9.10. The van der Waals surface area contributed by atoms with Gasteiger partial charge in [0.15, 0.2) is 0 Å². The summed E-state index contributed by atoms with van der Waals surface area (Å²) in [7, 11) is 0. The molecule has 1 saturated carbocycles. The smallest absolute Gasteiger partial charge is 0.307 e. The lowest BCUT2D eigenvalue weighted by Gasteiger charge is -2.10. The largest absolute Gasteiger partial charge is 0.481 e. The summed E-state index contributed by atoms with van der Waals surface area (Å²) in [6.45, 7) is 0. The molecule has 80 valence electrons. The lowest BCUT2D eigenvalue weighted by atomic mass is 9.95. The van der Waals surface area contributed by atoms with Crippen LogP contribution in [0.5, 0.6) is 0 Å². The van der Waals surface area contributed by atoms with Gasteiger partial charge in [-0.1, -0.05) is 28.1 Å². The maximum atomic E-state index is 11.0. The molecule has 1 aromatic rings. The predicted octanol–water partition coefficient (Wildman–Crippen LogP) is 3.10. The molecule has 1 N–H and O–H groups in total. The molecule has 0 aromatic heterocycles. The molecule has 1 aliphatic carbocycles. The minimum Gasteiger partial charge on any atom is -0.481 e. The molecule has 1 atom stereocenters. The van der Waals surface area contributed by atoms with Crippen LogP contribution >= 0.6 is 15.9 Å². The van der Waals surface area contributed by atoms with E-state index in [4.69, 9.17) is 5.11 Å². The van der Waals surface area contributed by atoms with Crippen molar-refractivity contribution in [3.05, 3.63) is 34.3 Å². The second-order valence-electron chi connectivity index (χ2n) is 4.11. The third-order valence-electron chi connectivity index (χ3n) is 2.88. The van der Waals surface area contributed by atoms with Gasteiger partial charge in [0, 0.05) is 4.47 Å². The average molecular weight is 269 g/mol. The Balaban J connectivity index is 2.05. The quantitative estimate of drug-likeness (QED) is 0.911. The molecule has 1 aliphatic rings. The first-order chi connectivity index (χ1) is 7.16. The van der Waals surface area contributed by atoms with E-state index < -0.39 is 5.97 Å². The van der Waals surface area contributed by atoms with Crippen molar-refractivity contribution in [3.63, 3.8) is 0 Å². The lowest BCUT2D eigenvalue weighted by molar-refractivity contribution is -0.142. The molecule has 0 saturated heterocycles. The molecule has 1 unspecified atom stereocenters.